The Morgan fingerprint density at radius 3 is 2.17 bits per heavy atom. The highest BCUT2D eigenvalue weighted by molar-refractivity contribution is 5.56. The van der Waals surface area contributed by atoms with Gasteiger partial charge in [-0.05, 0) is 32.4 Å². The van der Waals surface area contributed by atoms with Crippen LogP contribution in [0.15, 0.2) is 58.5 Å². The van der Waals surface area contributed by atoms with Gasteiger partial charge in [-0.3, -0.25) is 9.59 Å². The van der Waals surface area contributed by atoms with E-state index in [4.69, 9.17) is 0 Å². The molecule has 5 heteroatoms. The minimum absolute atomic E-state index is 0.0307. The lowest BCUT2D eigenvalue weighted by Crippen LogP contribution is -2.37. The number of anilines is 1. The molecule has 118 valence electrons. The second kappa shape index (κ2) is 7.45. The van der Waals surface area contributed by atoms with E-state index in [9.17, 15) is 9.59 Å². The third-order valence-corrected chi connectivity index (χ3v) is 3.54. The quantitative estimate of drug-likeness (QED) is 0.753. The van der Waals surface area contributed by atoms with Crippen molar-refractivity contribution in [2.45, 2.75) is 26.8 Å². The first-order chi connectivity index (χ1) is 11.0. The fraction of sp³-hybridized carbons (Fsp3) is 0.222. The zero-order chi connectivity index (χ0) is 16.8. The van der Waals surface area contributed by atoms with E-state index in [1.54, 1.807) is 13.1 Å². The van der Waals surface area contributed by atoms with Crippen LogP contribution in [0.3, 0.4) is 0 Å². The lowest BCUT2D eigenvalue weighted by Gasteiger charge is -2.17. The molecule has 1 aromatic heterocycles. The molecule has 3 rings (SSSR count). The smallest absolute Gasteiger partial charge is 0.249 e. The highest BCUT2D eigenvalue weighted by atomic mass is 16.2. The third-order valence-electron chi connectivity index (χ3n) is 3.54. The number of benzene rings is 1. The average molecular weight is 309 g/mol. The highest BCUT2D eigenvalue weighted by Gasteiger charge is 2.18. The number of hydrogen-bond acceptors (Lipinski definition) is 5. The summed E-state index contributed by atoms with van der Waals surface area (Å²) in [5, 5.41) is 3.07. The monoisotopic (exact) mass is 309 g/mol. The van der Waals surface area contributed by atoms with E-state index in [1.807, 2.05) is 50.2 Å². The van der Waals surface area contributed by atoms with Crippen molar-refractivity contribution in [1.82, 2.24) is 9.97 Å². The molecule has 23 heavy (non-hydrogen) atoms. The van der Waals surface area contributed by atoms with Crippen molar-refractivity contribution in [3.05, 3.63) is 86.2 Å². The predicted octanol–water partition coefficient (Wildman–Crippen LogP) is 2.55. The second-order valence-electron chi connectivity index (χ2n) is 5.29. The summed E-state index contributed by atoms with van der Waals surface area (Å²) in [4.78, 5) is 29.9. The van der Waals surface area contributed by atoms with Gasteiger partial charge >= 0.3 is 0 Å². The molecule has 0 saturated heterocycles. The number of hydrogen-bond donors (Lipinski definition) is 1. The standard InChI is InChI=1S/C13H13NO2.C5H6N2/c1-8-11(13(16)12(8)15)14-9(2)10-6-4-3-5-7-10;1-5-2-3-6-4-7-5/h3-7,9,14H,1-2H3;2-4H,1H3/t9-;/m1./s1. The van der Waals surface area contributed by atoms with Gasteiger partial charge in [0.05, 0.1) is 5.69 Å². The third kappa shape index (κ3) is 4.10. The largest absolute Gasteiger partial charge is 0.375 e. The number of nitrogens with one attached hydrogen (secondary N) is 1. The van der Waals surface area contributed by atoms with Crippen LogP contribution in [0.5, 0.6) is 0 Å². The number of nitrogens with zero attached hydrogens (tertiary/aromatic N) is 2. The van der Waals surface area contributed by atoms with Gasteiger partial charge in [-0.1, -0.05) is 30.3 Å². The minimum atomic E-state index is -0.403. The molecular formula is C18H19N3O2. The maximum absolute atomic E-state index is 11.3. The number of aryl methyl sites for hydroxylation is 1. The van der Waals surface area contributed by atoms with Crippen molar-refractivity contribution in [2.24, 2.45) is 0 Å². The van der Waals surface area contributed by atoms with E-state index in [2.05, 4.69) is 15.3 Å². The molecule has 0 aliphatic carbocycles. The van der Waals surface area contributed by atoms with Crippen LogP contribution < -0.4 is 16.2 Å². The first kappa shape index (κ1) is 16.5. The Kier molecular flexibility index (Phi) is 5.36. The van der Waals surface area contributed by atoms with E-state index in [0.29, 0.717) is 11.3 Å². The van der Waals surface area contributed by atoms with E-state index >= 15 is 0 Å². The van der Waals surface area contributed by atoms with Gasteiger partial charge in [-0.2, -0.15) is 0 Å². The summed E-state index contributed by atoms with van der Waals surface area (Å²) in [6.45, 7) is 5.57. The average Bonchev–Trinajstić information content (AvgIpc) is 2.60. The van der Waals surface area contributed by atoms with Crippen LogP contribution in [0, 0.1) is 13.8 Å². The topological polar surface area (TPSA) is 72.0 Å². The van der Waals surface area contributed by atoms with Gasteiger partial charge in [0.15, 0.2) is 0 Å². The van der Waals surface area contributed by atoms with Gasteiger partial charge < -0.3 is 5.32 Å². The SMILES string of the molecule is Cc1c(N[C@H](C)c2ccccc2)c(=O)c1=O.Cc1ccncn1. The van der Waals surface area contributed by atoms with E-state index in [1.165, 1.54) is 6.33 Å². The van der Waals surface area contributed by atoms with Gasteiger partial charge in [0.1, 0.15) is 6.33 Å². The Morgan fingerprint density at radius 2 is 1.70 bits per heavy atom. The van der Waals surface area contributed by atoms with Crippen LogP contribution in [-0.4, -0.2) is 9.97 Å². The molecule has 0 amide bonds. The van der Waals surface area contributed by atoms with Gasteiger partial charge in [0.2, 0.25) is 10.9 Å². The van der Waals surface area contributed by atoms with Gasteiger partial charge in [-0.15, -0.1) is 0 Å². The minimum Gasteiger partial charge on any atom is -0.375 e. The number of aromatic nitrogens is 2. The predicted molar refractivity (Wildman–Crippen MR) is 91.3 cm³/mol. The summed E-state index contributed by atoms with van der Waals surface area (Å²) in [6.07, 6.45) is 3.26. The van der Waals surface area contributed by atoms with Crippen LogP contribution in [-0.2, 0) is 0 Å². The second-order valence-corrected chi connectivity index (χ2v) is 5.29. The van der Waals surface area contributed by atoms with E-state index in [0.717, 1.165) is 11.3 Å². The molecule has 0 aliphatic heterocycles. The number of rotatable bonds is 3. The molecule has 1 atom stereocenters. The molecule has 0 saturated carbocycles. The molecule has 0 radical (unpaired) electrons. The van der Waals surface area contributed by atoms with Crippen molar-refractivity contribution in [3.63, 3.8) is 0 Å². The van der Waals surface area contributed by atoms with Crippen LogP contribution in [0.25, 0.3) is 0 Å². The highest BCUT2D eigenvalue weighted by Crippen LogP contribution is 2.18. The summed E-state index contributed by atoms with van der Waals surface area (Å²) in [5.41, 5.74) is 2.32. The van der Waals surface area contributed by atoms with Crippen molar-refractivity contribution < 1.29 is 0 Å². The lowest BCUT2D eigenvalue weighted by molar-refractivity contribution is 0.875. The molecule has 3 aromatic rings. The first-order valence-electron chi connectivity index (χ1n) is 7.34. The molecular weight excluding hydrogens is 290 g/mol. The van der Waals surface area contributed by atoms with Crippen LogP contribution in [0.2, 0.25) is 0 Å². The molecule has 0 bridgehead atoms. The first-order valence-corrected chi connectivity index (χ1v) is 7.34. The van der Waals surface area contributed by atoms with Gasteiger partial charge in [-0.25, -0.2) is 9.97 Å². The van der Waals surface area contributed by atoms with Crippen LogP contribution >= 0.6 is 0 Å². The summed E-state index contributed by atoms with van der Waals surface area (Å²) >= 11 is 0. The van der Waals surface area contributed by atoms with Crippen molar-refractivity contribution in [1.29, 1.82) is 0 Å². The Labute approximate surface area is 134 Å². The van der Waals surface area contributed by atoms with Crippen molar-refractivity contribution >= 4 is 5.69 Å². The molecule has 0 aliphatic rings. The summed E-state index contributed by atoms with van der Waals surface area (Å²) in [6, 6.07) is 11.7. The fourth-order valence-electron chi connectivity index (χ4n) is 2.08. The molecule has 1 N–H and O–H groups in total. The summed E-state index contributed by atoms with van der Waals surface area (Å²) in [7, 11) is 0. The van der Waals surface area contributed by atoms with E-state index < -0.39 is 5.43 Å². The van der Waals surface area contributed by atoms with Crippen molar-refractivity contribution in [2.75, 3.05) is 5.32 Å². The molecule has 0 unspecified atom stereocenters. The Morgan fingerprint density at radius 1 is 1.00 bits per heavy atom. The zero-order valence-corrected chi connectivity index (χ0v) is 13.4. The van der Waals surface area contributed by atoms with Gasteiger partial charge in [0.25, 0.3) is 0 Å². The molecule has 0 fully saturated rings. The van der Waals surface area contributed by atoms with Crippen LogP contribution in [0.1, 0.15) is 29.8 Å². The molecule has 5 nitrogen and oxygen atoms in total. The van der Waals surface area contributed by atoms with Crippen molar-refractivity contribution in [3.8, 4) is 0 Å². The molecule has 1 heterocycles. The summed E-state index contributed by atoms with van der Waals surface area (Å²) in [5.74, 6) is 0. The van der Waals surface area contributed by atoms with Crippen LogP contribution in [0.4, 0.5) is 5.69 Å². The Hall–Kier alpha value is -2.82. The van der Waals surface area contributed by atoms with E-state index in [-0.39, 0.29) is 11.5 Å². The maximum atomic E-state index is 11.3. The fourth-order valence-corrected chi connectivity index (χ4v) is 2.08. The lowest BCUT2D eigenvalue weighted by atomic mass is 10.1. The Bertz CT molecular complexity index is 823. The molecule has 0 spiro atoms. The Balaban J connectivity index is 0.000000229. The summed E-state index contributed by atoms with van der Waals surface area (Å²) < 4.78 is 0. The maximum Gasteiger partial charge on any atom is 0.249 e. The zero-order valence-electron chi connectivity index (χ0n) is 13.4. The molecule has 2 aromatic carbocycles. The van der Waals surface area contributed by atoms with Gasteiger partial charge in [0, 0.05) is 23.5 Å². The normalized spacial score (nSPS) is 11.4.